The Morgan fingerprint density at radius 2 is 0.911 bits per heavy atom. The molecule has 0 bridgehead atoms. The highest BCUT2D eigenvalue weighted by Crippen LogP contribution is 2.17. The fourth-order valence-electron chi connectivity index (χ4n) is 7.60. The number of carboxylic acid groups (broad SMARTS) is 1. The molecule has 0 fully saturated rings. The third-order valence-electron chi connectivity index (χ3n) is 11.3. The highest BCUT2D eigenvalue weighted by atomic mass is 16.5. The van der Waals surface area contributed by atoms with Gasteiger partial charge in [0.05, 0.1) is 0 Å². The van der Waals surface area contributed by atoms with Crippen LogP contribution in [0.5, 0.6) is 0 Å². The van der Waals surface area contributed by atoms with Gasteiger partial charge in [-0.25, -0.2) is 4.79 Å². The number of ether oxygens (including phenoxy) is 1. The van der Waals surface area contributed by atoms with E-state index in [0.29, 0.717) is 38.6 Å². The molecule has 2 atom stereocenters. The summed E-state index contributed by atoms with van der Waals surface area (Å²) in [5, 5.41) is 11.9. The van der Waals surface area contributed by atoms with Gasteiger partial charge < -0.3 is 20.9 Å². The molecule has 0 aliphatic carbocycles. The first-order valence-electron chi connectivity index (χ1n) is 24.5. The first kappa shape index (κ1) is 54.1. The molecular weight excluding hydrogens is 697 g/mol. The number of nitrogens with two attached hydrogens (primary N) is 1. The van der Waals surface area contributed by atoms with Crippen molar-refractivity contribution < 1.29 is 24.2 Å². The van der Waals surface area contributed by atoms with Crippen molar-refractivity contribution in [1.82, 2.24) is 5.32 Å². The summed E-state index contributed by atoms with van der Waals surface area (Å²) in [6, 6.07) is -0.868. The number of nitrogens with one attached hydrogen (secondary N) is 1. The van der Waals surface area contributed by atoms with Gasteiger partial charge in [0.1, 0.15) is 12.1 Å². The summed E-state index contributed by atoms with van der Waals surface area (Å²) < 4.78 is 5.95. The van der Waals surface area contributed by atoms with E-state index in [1.165, 1.54) is 173 Å². The number of rotatable bonds is 45. The molecule has 2 unspecified atom stereocenters. The number of unbranched alkanes of at least 4 members (excludes halogenated alkanes) is 31. The van der Waals surface area contributed by atoms with Crippen molar-refractivity contribution in [2.75, 3.05) is 6.54 Å². The third kappa shape index (κ3) is 40.3. The van der Waals surface area contributed by atoms with Gasteiger partial charge in [-0.15, -0.1) is 0 Å². The average Bonchev–Trinajstić information content (AvgIpc) is 3.18. The number of allylic oxidation sites excluding steroid dienone is 1. The van der Waals surface area contributed by atoms with Crippen molar-refractivity contribution >= 4 is 17.8 Å². The van der Waals surface area contributed by atoms with Gasteiger partial charge in [0, 0.05) is 12.8 Å². The van der Waals surface area contributed by atoms with Gasteiger partial charge in [-0.1, -0.05) is 206 Å². The van der Waals surface area contributed by atoms with E-state index in [0.717, 1.165) is 44.9 Å². The van der Waals surface area contributed by atoms with E-state index in [9.17, 15) is 19.5 Å². The lowest BCUT2D eigenvalue weighted by Crippen LogP contribution is -2.40. The summed E-state index contributed by atoms with van der Waals surface area (Å²) in [6.45, 7) is 4.94. The average molecular weight is 791 g/mol. The number of aliphatic carboxylic acids is 1. The maximum atomic E-state index is 12.8. The molecule has 4 N–H and O–H groups in total. The summed E-state index contributed by atoms with van der Waals surface area (Å²) in [4.78, 5) is 36.4. The van der Waals surface area contributed by atoms with E-state index in [1.54, 1.807) is 0 Å². The number of amides is 1. The van der Waals surface area contributed by atoms with E-state index in [-0.39, 0.29) is 18.0 Å². The second-order valence-corrected chi connectivity index (χ2v) is 16.9. The van der Waals surface area contributed by atoms with Gasteiger partial charge in [0.25, 0.3) is 0 Å². The van der Waals surface area contributed by atoms with Crippen molar-refractivity contribution in [3.63, 3.8) is 0 Å². The first-order chi connectivity index (χ1) is 27.4. The minimum atomic E-state index is -1.01. The number of esters is 1. The Morgan fingerprint density at radius 3 is 1.34 bits per heavy atom. The molecule has 56 heavy (non-hydrogen) atoms. The van der Waals surface area contributed by atoms with E-state index in [4.69, 9.17) is 10.5 Å². The summed E-state index contributed by atoms with van der Waals surface area (Å²) in [5.41, 5.74) is 5.49. The Hall–Kier alpha value is -1.89. The molecule has 330 valence electrons. The maximum Gasteiger partial charge on any atom is 0.326 e. The Balaban J connectivity index is 4.03. The van der Waals surface area contributed by atoms with Crippen LogP contribution in [0.2, 0.25) is 0 Å². The molecule has 0 spiro atoms. The fourth-order valence-corrected chi connectivity index (χ4v) is 7.60. The summed E-state index contributed by atoms with van der Waals surface area (Å²) >= 11 is 0. The molecular formula is C49H94N2O5. The van der Waals surface area contributed by atoms with Crippen LogP contribution in [0.1, 0.15) is 264 Å². The third-order valence-corrected chi connectivity index (χ3v) is 11.3. The van der Waals surface area contributed by atoms with Crippen molar-refractivity contribution in [3.8, 4) is 0 Å². The largest absolute Gasteiger partial charge is 0.480 e. The summed E-state index contributed by atoms with van der Waals surface area (Å²) in [7, 11) is 0. The van der Waals surface area contributed by atoms with Crippen molar-refractivity contribution in [2.45, 2.75) is 276 Å². The van der Waals surface area contributed by atoms with Crippen LogP contribution in [-0.2, 0) is 19.1 Å². The minimum Gasteiger partial charge on any atom is -0.480 e. The van der Waals surface area contributed by atoms with Gasteiger partial charge in [0.15, 0.2) is 0 Å². The maximum absolute atomic E-state index is 12.8. The standard InChI is InChI=1S/C49H94N2O5/c1-3-5-7-9-11-13-14-15-16-17-18-19-20-21-22-23-24-25-26-27-29-31-37-43-48(53)56-45(39-34-30-28-12-10-8-6-4-2)40-35-32-33-36-42-47(52)51-46(49(54)55)41-38-44-50/h34,39,45-46H,3-33,35-38,40-44,50H2,1-2H3,(H,51,52)(H,54,55)/b39-34-. The second kappa shape index (κ2) is 44.2. The lowest BCUT2D eigenvalue weighted by Gasteiger charge is -2.15. The molecule has 0 radical (unpaired) electrons. The van der Waals surface area contributed by atoms with E-state index >= 15 is 0 Å². The molecule has 0 aromatic carbocycles. The predicted molar refractivity (Wildman–Crippen MR) is 239 cm³/mol. The van der Waals surface area contributed by atoms with Crippen LogP contribution in [0.3, 0.4) is 0 Å². The number of carbonyl (C=O) groups excluding carboxylic acids is 2. The molecule has 7 heteroatoms. The van der Waals surface area contributed by atoms with Crippen molar-refractivity contribution in [3.05, 3.63) is 12.2 Å². The molecule has 0 aliphatic rings. The van der Waals surface area contributed by atoms with Gasteiger partial charge in [0.2, 0.25) is 5.91 Å². The molecule has 0 saturated carbocycles. The van der Waals surface area contributed by atoms with Crippen LogP contribution >= 0.6 is 0 Å². The molecule has 1 amide bonds. The Labute approximate surface area is 347 Å². The molecule has 7 nitrogen and oxygen atoms in total. The fraction of sp³-hybridized carbons (Fsp3) is 0.898. The molecule has 0 saturated heterocycles. The zero-order chi connectivity index (χ0) is 41.0. The summed E-state index contributed by atoms with van der Waals surface area (Å²) in [5.74, 6) is -1.31. The smallest absolute Gasteiger partial charge is 0.326 e. The second-order valence-electron chi connectivity index (χ2n) is 16.9. The monoisotopic (exact) mass is 791 g/mol. The predicted octanol–water partition coefficient (Wildman–Crippen LogP) is 14.2. The lowest BCUT2D eigenvalue weighted by atomic mass is 10.0. The van der Waals surface area contributed by atoms with Crippen molar-refractivity contribution in [2.24, 2.45) is 5.73 Å². The van der Waals surface area contributed by atoms with Crippen LogP contribution in [0, 0.1) is 0 Å². The van der Waals surface area contributed by atoms with Gasteiger partial charge in [-0.2, -0.15) is 0 Å². The molecule has 0 aromatic heterocycles. The number of hydrogen-bond acceptors (Lipinski definition) is 5. The van der Waals surface area contributed by atoms with Crippen molar-refractivity contribution in [1.29, 1.82) is 0 Å². The zero-order valence-corrected chi connectivity index (χ0v) is 37.3. The summed E-state index contributed by atoms with van der Waals surface area (Å²) in [6.07, 6.45) is 50.1. The topological polar surface area (TPSA) is 119 Å². The van der Waals surface area contributed by atoms with Gasteiger partial charge in [-0.3, -0.25) is 9.59 Å². The highest BCUT2D eigenvalue weighted by molar-refractivity contribution is 5.83. The van der Waals surface area contributed by atoms with Crippen LogP contribution in [0.15, 0.2) is 12.2 Å². The van der Waals surface area contributed by atoms with E-state index < -0.39 is 12.0 Å². The first-order valence-corrected chi connectivity index (χ1v) is 24.5. The number of carbonyl (C=O) groups is 3. The zero-order valence-electron chi connectivity index (χ0n) is 37.3. The number of carboxylic acids is 1. The normalized spacial score (nSPS) is 12.6. The SMILES string of the molecule is CCCCCCCC/C=C\C(CCCCCCC(=O)NC(CCCN)C(=O)O)OC(=O)CCCCCCCCCCCCCCCCCCCCCCCCC. The van der Waals surface area contributed by atoms with Crippen LogP contribution in [0.25, 0.3) is 0 Å². The lowest BCUT2D eigenvalue weighted by molar-refractivity contribution is -0.147. The minimum absolute atomic E-state index is 0.0815. The van der Waals surface area contributed by atoms with Crippen LogP contribution in [0.4, 0.5) is 0 Å². The van der Waals surface area contributed by atoms with E-state index in [1.807, 2.05) is 0 Å². The quantitative estimate of drug-likeness (QED) is 0.0321. The molecule has 0 heterocycles. The Morgan fingerprint density at radius 1 is 0.518 bits per heavy atom. The Bertz CT molecular complexity index is 894. The Kier molecular flexibility index (Phi) is 42.7. The highest BCUT2D eigenvalue weighted by Gasteiger charge is 2.19. The van der Waals surface area contributed by atoms with Crippen LogP contribution in [-0.4, -0.2) is 41.6 Å². The van der Waals surface area contributed by atoms with Gasteiger partial charge in [-0.05, 0) is 64.0 Å². The van der Waals surface area contributed by atoms with Crippen LogP contribution < -0.4 is 11.1 Å². The molecule has 0 rings (SSSR count). The van der Waals surface area contributed by atoms with Gasteiger partial charge >= 0.3 is 11.9 Å². The number of hydrogen-bond donors (Lipinski definition) is 3. The van der Waals surface area contributed by atoms with E-state index in [2.05, 4.69) is 31.3 Å². The molecule has 0 aromatic rings. The molecule has 0 aliphatic heterocycles.